The predicted molar refractivity (Wildman–Crippen MR) is 104 cm³/mol. The number of nitrogens with one attached hydrogen (secondary N) is 1. The molecule has 1 N–H and O–H groups in total. The van der Waals surface area contributed by atoms with Crippen molar-refractivity contribution in [2.75, 3.05) is 5.32 Å². The number of hydrogen-bond acceptors (Lipinski definition) is 6. The van der Waals surface area contributed by atoms with E-state index in [2.05, 4.69) is 5.32 Å². The highest BCUT2D eigenvalue weighted by Crippen LogP contribution is 2.18. The van der Waals surface area contributed by atoms with Crippen LogP contribution >= 0.6 is 0 Å². The van der Waals surface area contributed by atoms with E-state index in [0.717, 1.165) is 5.56 Å². The van der Waals surface area contributed by atoms with Crippen LogP contribution < -0.4 is 10.1 Å². The number of esters is 1. The van der Waals surface area contributed by atoms with Gasteiger partial charge in [0.25, 0.3) is 5.69 Å². The van der Waals surface area contributed by atoms with Crippen molar-refractivity contribution in [1.82, 2.24) is 0 Å². The summed E-state index contributed by atoms with van der Waals surface area (Å²) in [6.45, 7) is 5.32. The Kier molecular flexibility index (Phi) is 6.49. The van der Waals surface area contributed by atoms with Crippen LogP contribution in [0.15, 0.2) is 54.6 Å². The molecule has 0 unspecified atom stereocenters. The lowest BCUT2D eigenvalue weighted by molar-refractivity contribution is -0.384. The summed E-state index contributed by atoms with van der Waals surface area (Å²) >= 11 is 0. The Hall–Kier alpha value is -3.68. The van der Waals surface area contributed by atoms with Crippen LogP contribution in [-0.2, 0) is 9.53 Å². The van der Waals surface area contributed by atoms with E-state index in [1.54, 1.807) is 51.1 Å². The lowest BCUT2D eigenvalue weighted by Crippen LogP contribution is -2.27. The number of amides is 1. The molecule has 0 saturated heterocycles. The molecular formula is C20H20N2O6. The van der Waals surface area contributed by atoms with Crippen molar-refractivity contribution in [1.29, 1.82) is 0 Å². The number of benzene rings is 2. The standard InChI is InChI=1S/C20H20N2O6/c1-20(2,3)28-19(24)21-15-7-4-14(5-8-15)6-13-18(23)27-17-11-9-16(10-12-17)22(25)26/h4-13H,1-3H3,(H,21,24)/b13-6+. The van der Waals surface area contributed by atoms with Crippen LogP contribution in [-0.4, -0.2) is 22.6 Å². The maximum Gasteiger partial charge on any atom is 0.412 e. The molecule has 0 aliphatic heterocycles. The Morgan fingerprint density at radius 2 is 1.64 bits per heavy atom. The number of nitrogens with zero attached hydrogens (tertiary/aromatic N) is 1. The number of hydrogen-bond donors (Lipinski definition) is 1. The maximum atomic E-state index is 11.8. The first kappa shape index (κ1) is 20.6. The molecule has 0 fully saturated rings. The normalized spacial score (nSPS) is 11.1. The molecule has 0 aliphatic rings. The van der Waals surface area contributed by atoms with Crippen LogP contribution in [0.4, 0.5) is 16.2 Å². The van der Waals surface area contributed by atoms with Crippen LogP contribution in [0, 0.1) is 10.1 Å². The summed E-state index contributed by atoms with van der Waals surface area (Å²) in [5.74, 6) is -0.415. The summed E-state index contributed by atoms with van der Waals surface area (Å²) in [5.41, 5.74) is 0.599. The summed E-state index contributed by atoms with van der Waals surface area (Å²) < 4.78 is 10.2. The van der Waals surface area contributed by atoms with Crippen LogP contribution in [0.1, 0.15) is 26.3 Å². The molecule has 28 heavy (non-hydrogen) atoms. The molecular weight excluding hydrogens is 364 g/mol. The van der Waals surface area contributed by atoms with Crippen LogP contribution in [0.3, 0.4) is 0 Å². The highest BCUT2D eigenvalue weighted by molar-refractivity contribution is 5.89. The molecule has 8 nitrogen and oxygen atoms in total. The first-order valence-electron chi connectivity index (χ1n) is 8.37. The van der Waals surface area contributed by atoms with Crippen molar-refractivity contribution in [3.63, 3.8) is 0 Å². The van der Waals surface area contributed by atoms with Crippen molar-refractivity contribution >= 4 is 29.5 Å². The highest BCUT2D eigenvalue weighted by Gasteiger charge is 2.16. The minimum absolute atomic E-state index is 0.0876. The molecule has 0 radical (unpaired) electrons. The smallest absolute Gasteiger partial charge is 0.412 e. The summed E-state index contributed by atoms with van der Waals surface area (Å²) in [7, 11) is 0. The van der Waals surface area contributed by atoms with Crippen molar-refractivity contribution in [2.45, 2.75) is 26.4 Å². The largest absolute Gasteiger partial charge is 0.444 e. The van der Waals surface area contributed by atoms with E-state index in [9.17, 15) is 19.7 Å². The van der Waals surface area contributed by atoms with Gasteiger partial charge in [0.15, 0.2) is 0 Å². The molecule has 2 rings (SSSR count). The molecule has 0 spiro atoms. The molecule has 0 aliphatic carbocycles. The average Bonchev–Trinajstić information content (AvgIpc) is 2.60. The second kappa shape index (κ2) is 8.81. The van der Waals surface area contributed by atoms with Crippen LogP contribution in [0.2, 0.25) is 0 Å². The lowest BCUT2D eigenvalue weighted by Gasteiger charge is -2.19. The zero-order chi connectivity index (χ0) is 20.7. The van der Waals surface area contributed by atoms with E-state index in [-0.39, 0.29) is 11.4 Å². The van der Waals surface area contributed by atoms with E-state index in [4.69, 9.17) is 9.47 Å². The minimum Gasteiger partial charge on any atom is -0.444 e. The van der Waals surface area contributed by atoms with Crippen molar-refractivity contribution < 1.29 is 24.0 Å². The second-order valence-corrected chi connectivity index (χ2v) is 6.75. The Morgan fingerprint density at radius 1 is 1.04 bits per heavy atom. The van der Waals surface area contributed by atoms with Crippen molar-refractivity contribution in [3.05, 3.63) is 70.3 Å². The second-order valence-electron chi connectivity index (χ2n) is 6.75. The first-order valence-corrected chi connectivity index (χ1v) is 8.37. The number of nitro groups is 1. The van der Waals surface area contributed by atoms with E-state index in [0.29, 0.717) is 5.69 Å². The SMILES string of the molecule is CC(C)(C)OC(=O)Nc1ccc(/C=C/C(=O)Oc2ccc([N+](=O)[O-])cc2)cc1. The zero-order valence-corrected chi connectivity index (χ0v) is 15.7. The molecule has 2 aromatic carbocycles. The van der Waals surface area contributed by atoms with Gasteiger partial charge in [0, 0.05) is 23.9 Å². The van der Waals surface area contributed by atoms with Gasteiger partial charge in [-0.05, 0) is 56.7 Å². The van der Waals surface area contributed by atoms with Gasteiger partial charge in [-0.1, -0.05) is 12.1 Å². The Bertz CT molecular complexity index is 880. The van der Waals surface area contributed by atoms with Gasteiger partial charge in [-0.15, -0.1) is 0 Å². The third kappa shape index (κ3) is 6.91. The summed E-state index contributed by atoms with van der Waals surface area (Å²) in [4.78, 5) is 33.6. The van der Waals surface area contributed by atoms with Gasteiger partial charge >= 0.3 is 12.1 Å². The van der Waals surface area contributed by atoms with Crippen LogP contribution in [0.5, 0.6) is 5.75 Å². The van der Waals surface area contributed by atoms with Gasteiger partial charge in [0.1, 0.15) is 11.4 Å². The molecule has 0 heterocycles. The molecule has 0 bridgehead atoms. The number of ether oxygens (including phenoxy) is 2. The summed E-state index contributed by atoms with van der Waals surface area (Å²) in [6, 6.07) is 12.0. The fourth-order valence-corrected chi connectivity index (χ4v) is 2.05. The Morgan fingerprint density at radius 3 is 2.18 bits per heavy atom. The maximum absolute atomic E-state index is 11.8. The topological polar surface area (TPSA) is 108 Å². The molecule has 8 heteroatoms. The third-order valence-electron chi connectivity index (χ3n) is 3.23. The fraction of sp³-hybridized carbons (Fsp3) is 0.200. The Labute approximate surface area is 161 Å². The van der Waals surface area contributed by atoms with Gasteiger partial charge in [-0.25, -0.2) is 9.59 Å². The van der Waals surface area contributed by atoms with Gasteiger partial charge in [-0.3, -0.25) is 15.4 Å². The van der Waals surface area contributed by atoms with E-state index >= 15 is 0 Å². The van der Waals surface area contributed by atoms with Gasteiger partial charge in [0.2, 0.25) is 0 Å². The van der Waals surface area contributed by atoms with E-state index in [1.165, 1.54) is 30.3 Å². The number of nitro benzene ring substituents is 1. The average molecular weight is 384 g/mol. The van der Waals surface area contributed by atoms with Crippen molar-refractivity contribution in [3.8, 4) is 5.75 Å². The molecule has 146 valence electrons. The zero-order valence-electron chi connectivity index (χ0n) is 15.7. The highest BCUT2D eigenvalue weighted by atomic mass is 16.6. The molecule has 1 amide bonds. The first-order chi connectivity index (χ1) is 13.1. The quantitative estimate of drug-likeness (QED) is 0.266. The van der Waals surface area contributed by atoms with E-state index < -0.39 is 22.6 Å². The van der Waals surface area contributed by atoms with Gasteiger partial charge < -0.3 is 9.47 Å². The van der Waals surface area contributed by atoms with E-state index in [1.807, 2.05) is 0 Å². The minimum atomic E-state index is -0.621. The monoisotopic (exact) mass is 384 g/mol. The fourth-order valence-electron chi connectivity index (χ4n) is 2.05. The lowest BCUT2D eigenvalue weighted by atomic mass is 10.2. The van der Waals surface area contributed by atoms with Crippen molar-refractivity contribution in [2.24, 2.45) is 0 Å². The molecule has 0 saturated carbocycles. The number of carbonyl (C=O) groups excluding carboxylic acids is 2. The number of rotatable bonds is 5. The number of non-ortho nitro benzene ring substituents is 1. The van der Waals surface area contributed by atoms with Gasteiger partial charge in [0.05, 0.1) is 4.92 Å². The number of anilines is 1. The molecule has 0 atom stereocenters. The third-order valence-corrected chi connectivity index (χ3v) is 3.23. The molecule has 0 aromatic heterocycles. The summed E-state index contributed by atoms with van der Waals surface area (Å²) in [5, 5.41) is 13.2. The van der Waals surface area contributed by atoms with Crippen LogP contribution in [0.25, 0.3) is 6.08 Å². The number of carbonyl (C=O) groups is 2. The Balaban J connectivity index is 1.90. The summed E-state index contributed by atoms with van der Waals surface area (Å²) in [6.07, 6.45) is 2.23. The van der Waals surface area contributed by atoms with Gasteiger partial charge in [-0.2, -0.15) is 0 Å². The predicted octanol–water partition coefficient (Wildman–Crippen LogP) is 4.56. The molecule has 2 aromatic rings.